The van der Waals surface area contributed by atoms with Crippen molar-refractivity contribution in [3.05, 3.63) is 23.7 Å². The van der Waals surface area contributed by atoms with Crippen molar-refractivity contribution in [2.24, 2.45) is 5.73 Å². The summed E-state index contributed by atoms with van der Waals surface area (Å²) in [6, 6.07) is 2.68. The van der Waals surface area contributed by atoms with E-state index in [9.17, 15) is 0 Å². The zero-order valence-corrected chi connectivity index (χ0v) is 9.99. The van der Waals surface area contributed by atoms with Gasteiger partial charge in [-0.15, -0.1) is 0 Å². The minimum atomic E-state index is 0.554. The Hall–Kier alpha value is -0.800. The molecule has 1 heterocycles. The second kappa shape index (κ2) is 5.93. The van der Waals surface area contributed by atoms with Gasteiger partial charge in [0.1, 0.15) is 5.76 Å². The summed E-state index contributed by atoms with van der Waals surface area (Å²) in [5.74, 6) is 1.00. The SMILES string of the molecule is CCC(CC)N(C)Cc1cc(CN)co1. The Bertz CT molecular complexity index is 279. The Morgan fingerprint density at radius 2 is 2.07 bits per heavy atom. The molecule has 2 N–H and O–H groups in total. The van der Waals surface area contributed by atoms with Crippen LogP contribution in [0.4, 0.5) is 0 Å². The van der Waals surface area contributed by atoms with E-state index >= 15 is 0 Å². The Morgan fingerprint density at radius 3 is 2.53 bits per heavy atom. The van der Waals surface area contributed by atoms with Crippen LogP contribution >= 0.6 is 0 Å². The van der Waals surface area contributed by atoms with Crippen LogP contribution in [0.25, 0.3) is 0 Å². The maximum Gasteiger partial charge on any atom is 0.118 e. The fourth-order valence-corrected chi connectivity index (χ4v) is 1.90. The average Bonchev–Trinajstić information content (AvgIpc) is 2.67. The smallest absolute Gasteiger partial charge is 0.118 e. The normalized spacial score (nSPS) is 11.6. The second-order valence-electron chi connectivity index (χ2n) is 4.01. The molecule has 0 aliphatic carbocycles. The predicted octanol–water partition coefficient (Wildman–Crippen LogP) is 2.36. The van der Waals surface area contributed by atoms with E-state index < -0.39 is 0 Å². The van der Waals surface area contributed by atoms with E-state index in [2.05, 4.69) is 25.8 Å². The molecule has 15 heavy (non-hydrogen) atoms. The molecular formula is C12H22N2O. The summed E-state index contributed by atoms with van der Waals surface area (Å²) in [5, 5.41) is 0. The molecule has 0 aliphatic rings. The van der Waals surface area contributed by atoms with Crippen LogP contribution in [-0.2, 0) is 13.1 Å². The zero-order valence-electron chi connectivity index (χ0n) is 9.99. The molecule has 1 rings (SSSR count). The molecule has 0 atom stereocenters. The third kappa shape index (κ3) is 3.36. The van der Waals surface area contributed by atoms with Gasteiger partial charge in [-0.3, -0.25) is 4.90 Å². The summed E-state index contributed by atoms with van der Waals surface area (Å²) in [4.78, 5) is 2.33. The van der Waals surface area contributed by atoms with Crippen molar-refractivity contribution in [1.29, 1.82) is 0 Å². The molecular weight excluding hydrogens is 188 g/mol. The molecule has 0 amide bonds. The summed E-state index contributed by atoms with van der Waals surface area (Å²) in [6.45, 7) is 5.86. The maximum atomic E-state index is 5.53. The van der Waals surface area contributed by atoms with E-state index in [4.69, 9.17) is 10.2 Å². The van der Waals surface area contributed by atoms with Crippen LogP contribution in [0.2, 0.25) is 0 Å². The number of nitrogens with zero attached hydrogens (tertiary/aromatic N) is 1. The van der Waals surface area contributed by atoms with Crippen molar-refractivity contribution in [3.8, 4) is 0 Å². The van der Waals surface area contributed by atoms with Crippen LogP contribution in [0.3, 0.4) is 0 Å². The molecule has 86 valence electrons. The molecule has 3 heteroatoms. The summed E-state index contributed by atoms with van der Waals surface area (Å²) in [5.41, 5.74) is 6.60. The number of rotatable bonds is 6. The standard InChI is InChI=1S/C12H22N2O/c1-4-11(5-2)14(3)8-12-6-10(7-13)9-15-12/h6,9,11H,4-5,7-8,13H2,1-3H3. The lowest BCUT2D eigenvalue weighted by molar-refractivity contribution is 0.206. The van der Waals surface area contributed by atoms with Gasteiger partial charge in [0.2, 0.25) is 0 Å². The van der Waals surface area contributed by atoms with Gasteiger partial charge in [-0.2, -0.15) is 0 Å². The average molecular weight is 210 g/mol. The molecule has 0 unspecified atom stereocenters. The van der Waals surface area contributed by atoms with Crippen molar-refractivity contribution in [2.75, 3.05) is 7.05 Å². The molecule has 0 bridgehead atoms. The van der Waals surface area contributed by atoms with E-state index in [1.54, 1.807) is 6.26 Å². The number of hydrogen-bond acceptors (Lipinski definition) is 3. The Labute approximate surface area is 92.2 Å². The largest absolute Gasteiger partial charge is 0.468 e. The lowest BCUT2D eigenvalue weighted by Gasteiger charge is -2.24. The molecule has 1 aromatic heterocycles. The Kier molecular flexibility index (Phi) is 4.85. The molecule has 0 saturated carbocycles. The number of nitrogens with two attached hydrogens (primary N) is 1. The van der Waals surface area contributed by atoms with Gasteiger partial charge in [0, 0.05) is 18.2 Å². The van der Waals surface area contributed by atoms with Gasteiger partial charge >= 0.3 is 0 Å². The first kappa shape index (κ1) is 12.3. The van der Waals surface area contributed by atoms with Crippen LogP contribution < -0.4 is 5.73 Å². The molecule has 0 aromatic carbocycles. The lowest BCUT2D eigenvalue weighted by atomic mass is 10.1. The van der Waals surface area contributed by atoms with Gasteiger partial charge in [-0.05, 0) is 26.0 Å². The van der Waals surface area contributed by atoms with Crippen LogP contribution in [0, 0.1) is 0 Å². The van der Waals surface area contributed by atoms with Crippen molar-refractivity contribution < 1.29 is 4.42 Å². The molecule has 3 nitrogen and oxygen atoms in total. The second-order valence-corrected chi connectivity index (χ2v) is 4.01. The van der Waals surface area contributed by atoms with Gasteiger partial charge < -0.3 is 10.2 Å². The van der Waals surface area contributed by atoms with E-state index in [-0.39, 0.29) is 0 Å². The van der Waals surface area contributed by atoms with Crippen molar-refractivity contribution in [2.45, 2.75) is 45.8 Å². The van der Waals surface area contributed by atoms with Gasteiger partial charge in [-0.25, -0.2) is 0 Å². The van der Waals surface area contributed by atoms with Crippen LogP contribution in [0.1, 0.15) is 38.0 Å². The van der Waals surface area contributed by atoms with Gasteiger partial charge in [0.25, 0.3) is 0 Å². The summed E-state index contributed by atoms with van der Waals surface area (Å²) < 4.78 is 5.44. The van der Waals surface area contributed by atoms with Gasteiger partial charge in [0.15, 0.2) is 0 Å². The third-order valence-corrected chi connectivity index (χ3v) is 2.91. The highest BCUT2D eigenvalue weighted by molar-refractivity contribution is 5.12. The highest BCUT2D eigenvalue weighted by atomic mass is 16.3. The first-order valence-corrected chi connectivity index (χ1v) is 5.67. The monoisotopic (exact) mass is 210 g/mol. The predicted molar refractivity (Wildman–Crippen MR) is 62.4 cm³/mol. The summed E-state index contributed by atoms with van der Waals surface area (Å²) in [6.07, 6.45) is 4.10. The van der Waals surface area contributed by atoms with E-state index in [0.29, 0.717) is 12.6 Å². The first-order valence-electron chi connectivity index (χ1n) is 5.67. The van der Waals surface area contributed by atoms with Gasteiger partial charge in [-0.1, -0.05) is 13.8 Å². The lowest BCUT2D eigenvalue weighted by Crippen LogP contribution is -2.29. The Morgan fingerprint density at radius 1 is 1.40 bits per heavy atom. The molecule has 0 radical (unpaired) electrons. The van der Waals surface area contributed by atoms with Gasteiger partial charge in [0.05, 0.1) is 12.8 Å². The Balaban J connectivity index is 2.53. The van der Waals surface area contributed by atoms with Crippen molar-refractivity contribution in [1.82, 2.24) is 4.90 Å². The van der Waals surface area contributed by atoms with E-state index in [0.717, 1.165) is 17.9 Å². The van der Waals surface area contributed by atoms with Crippen LogP contribution in [0.5, 0.6) is 0 Å². The number of furan rings is 1. The topological polar surface area (TPSA) is 42.4 Å². The first-order chi connectivity index (χ1) is 7.21. The molecule has 0 fully saturated rings. The van der Waals surface area contributed by atoms with E-state index in [1.165, 1.54) is 12.8 Å². The third-order valence-electron chi connectivity index (χ3n) is 2.91. The van der Waals surface area contributed by atoms with Crippen molar-refractivity contribution >= 4 is 0 Å². The quantitative estimate of drug-likeness (QED) is 0.783. The minimum Gasteiger partial charge on any atom is -0.468 e. The fraction of sp³-hybridized carbons (Fsp3) is 0.667. The fourth-order valence-electron chi connectivity index (χ4n) is 1.90. The zero-order chi connectivity index (χ0) is 11.3. The van der Waals surface area contributed by atoms with E-state index in [1.807, 2.05) is 6.07 Å². The highest BCUT2D eigenvalue weighted by Gasteiger charge is 2.12. The molecule has 0 aliphatic heterocycles. The summed E-state index contributed by atoms with van der Waals surface area (Å²) >= 11 is 0. The minimum absolute atomic E-state index is 0.554. The summed E-state index contributed by atoms with van der Waals surface area (Å²) in [7, 11) is 2.14. The van der Waals surface area contributed by atoms with Crippen LogP contribution in [0.15, 0.2) is 16.7 Å². The molecule has 0 spiro atoms. The highest BCUT2D eigenvalue weighted by Crippen LogP contribution is 2.13. The molecule has 1 aromatic rings. The maximum absolute atomic E-state index is 5.53. The number of hydrogen-bond donors (Lipinski definition) is 1. The van der Waals surface area contributed by atoms with Crippen molar-refractivity contribution in [3.63, 3.8) is 0 Å². The van der Waals surface area contributed by atoms with Crippen LogP contribution in [-0.4, -0.2) is 18.0 Å². The molecule has 0 saturated heterocycles.